The molecule has 0 heterocycles. The minimum atomic E-state index is -1.40. The number of phenolic OH excluding ortho intramolecular Hbond substituents is 1. The van der Waals surface area contributed by atoms with Crippen LogP contribution in [0.25, 0.3) is 0 Å². The lowest BCUT2D eigenvalue weighted by molar-refractivity contribution is -0.139. The van der Waals surface area contributed by atoms with E-state index in [0.29, 0.717) is 12.0 Å². The molecule has 0 aliphatic carbocycles. The quantitative estimate of drug-likeness (QED) is 0.422. The highest BCUT2D eigenvalue weighted by Gasteiger charge is 2.24. The summed E-state index contributed by atoms with van der Waals surface area (Å²) in [5.41, 5.74) is 4.19. The van der Waals surface area contributed by atoms with Crippen LogP contribution in [0.1, 0.15) is 65.4 Å². The Hall–Kier alpha value is -2.63. The zero-order valence-corrected chi connectivity index (χ0v) is 20.3. The zero-order valence-electron chi connectivity index (χ0n) is 19.1. The van der Waals surface area contributed by atoms with Gasteiger partial charge < -0.3 is 25.2 Å². The van der Waals surface area contributed by atoms with Gasteiger partial charge in [0, 0.05) is 0 Å². The van der Waals surface area contributed by atoms with Gasteiger partial charge in [0.2, 0.25) is 0 Å². The van der Waals surface area contributed by atoms with Gasteiger partial charge in [-0.3, -0.25) is 4.79 Å². The maximum absolute atomic E-state index is 12.7. The molecule has 3 unspecified atom stereocenters. The number of nitrogens with one attached hydrogen (secondary N) is 1. The topological polar surface area (TPSA) is 124 Å². The molecule has 0 fully saturated rings. The molecule has 4 N–H and O–H groups in total. The molecule has 0 aliphatic rings. The number of benzene rings is 2. The van der Waals surface area contributed by atoms with E-state index in [1.54, 1.807) is 12.1 Å². The third kappa shape index (κ3) is 6.21. The Labute approximate surface area is 189 Å². The van der Waals surface area contributed by atoms with Crippen molar-refractivity contribution < 1.29 is 29.5 Å². The Morgan fingerprint density at radius 3 is 2.22 bits per heavy atom. The molecule has 2 aromatic rings. The van der Waals surface area contributed by atoms with Crippen LogP contribution in [0.5, 0.6) is 5.75 Å². The van der Waals surface area contributed by atoms with Gasteiger partial charge in [0.1, 0.15) is 17.1 Å². The summed E-state index contributed by atoms with van der Waals surface area (Å²) in [4.78, 5) is 24.2. The van der Waals surface area contributed by atoms with Crippen LogP contribution in [-0.4, -0.2) is 33.2 Å². The minimum absolute atomic E-state index is 0.0160. The number of aliphatic carboxylic acids is 1. The monoisotopic (exact) mass is 461 g/mol. The van der Waals surface area contributed by atoms with Crippen molar-refractivity contribution in [1.29, 1.82) is 0 Å². The molecule has 7 nitrogen and oxygen atoms in total. The maximum Gasteiger partial charge on any atom is 0.326 e. The predicted octanol–water partition coefficient (Wildman–Crippen LogP) is 3.75. The van der Waals surface area contributed by atoms with Gasteiger partial charge in [-0.1, -0.05) is 32.0 Å². The standard InChI is InChI=1S/C24H32NO6P/c1-13(2)8-20(23(28)29)25-22(27)19-12-16(6-7-21(19)26)11-18-14(3)9-17(10-15(18)4)24(5,30)32-31/h6-7,9-10,12-13,20,26,30H,8,11,32H2,1-5H3,(H,25,27)(H,28,29). The summed E-state index contributed by atoms with van der Waals surface area (Å²) in [5, 5.41) is 31.0. The van der Waals surface area contributed by atoms with Gasteiger partial charge in [-0.2, -0.15) is 0 Å². The Morgan fingerprint density at radius 1 is 1.12 bits per heavy atom. The number of carboxylic acid groups (broad SMARTS) is 1. The number of rotatable bonds is 9. The summed E-state index contributed by atoms with van der Waals surface area (Å²) in [6.07, 6.45) is 0.750. The molecule has 0 aromatic heterocycles. The first kappa shape index (κ1) is 25.6. The summed E-state index contributed by atoms with van der Waals surface area (Å²) in [6, 6.07) is 7.27. The third-order valence-corrected chi connectivity index (χ3v) is 6.30. The second-order valence-electron chi connectivity index (χ2n) is 8.88. The number of carbonyl (C=O) groups is 2. The first-order valence-corrected chi connectivity index (χ1v) is 11.6. The van der Waals surface area contributed by atoms with Crippen molar-refractivity contribution in [2.45, 2.75) is 58.8 Å². The number of amides is 1. The predicted molar refractivity (Wildman–Crippen MR) is 125 cm³/mol. The number of aryl methyl sites for hydroxylation is 2. The Balaban J connectivity index is 2.33. The minimum Gasteiger partial charge on any atom is -0.507 e. The van der Waals surface area contributed by atoms with Crippen LogP contribution < -0.4 is 5.32 Å². The normalized spacial score (nSPS) is 14.5. The maximum atomic E-state index is 12.7. The number of hydrogen-bond acceptors (Lipinski definition) is 5. The van der Waals surface area contributed by atoms with E-state index in [1.165, 1.54) is 13.0 Å². The van der Waals surface area contributed by atoms with Crippen molar-refractivity contribution in [3.05, 3.63) is 63.7 Å². The van der Waals surface area contributed by atoms with E-state index in [1.807, 2.05) is 39.8 Å². The highest BCUT2D eigenvalue weighted by Crippen LogP contribution is 2.34. The highest BCUT2D eigenvalue weighted by molar-refractivity contribution is 7.25. The second kappa shape index (κ2) is 10.3. The Kier molecular flexibility index (Phi) is 8.27. The zero-order chi connectivity index (χ0) is 24.2. The smallest absolute Gasteiger partial charge is 0.326 e. The highest BCUT2D eigenvalue weighted by atomic mass is 31.1. The molecule has 2 aromatic carbocycles. The summed E-state index contributed by atoms with van der Waals surface area (Å²) in [6.45, 7) is 9.07. The number of phenols is 1. The molecule has 0 aliphatic heterocycles. The number of hydrogen-bond donors (Lipinski definition) is 4. The molecule has 174 valence electrons. The summed E-state index contributed by atoms with van der Waals surface area (Å²) in [5.74, 6) is -1.91. The molecule has 0 saturated heterocycles. The average molecular weight is 461 g/mol. The molecular weight excluding hydrogens is 429 g/mol. The van der Waals surface area contributed by atoms with E-state index in [0.717, 1.165) is 22.3 Å². The van der Waals surface area contributed by atoms with Crippen LogP contribution >= 0.6 is 8.46 Å². The van der Waals surface area contributed by atoms with Gasteiger partial charge in [-0.05, 0) is 79.5 Å². The van der Waals surface area contributed by atoms with E-state index >= 15 is 0 Å². The first-order valence-electron chi connectivity index (χ1n) is 10.5. The van der Waals surface area contributed by atoms with Gasteiger partial charge in [-0.15, -0.1) is 0 Å². The third-order valence-electron chi connectivity index (χ3n) is 5.51. The number of aliphatic hydroxyl groups is 1. The van der Waals surface area contributed by atoms with Crippen LogP contribution in [-0.2, 0) is 21.1 Å². The van der Waals surface area contributed by atoms with Crippen LogP contribution in [0, 0.1) is 19.8 Å². The van der Waals surface area contributed by atoms with Gasteiger partial charge in [-0.25, -0.2) is 4.79 Å². The fourth-order valence-electron chi connectivity index (χ4n) is 3.64. The van der Waals surface area contributed by atoms with Crippen LogP contribution in [0.4, 0.5) is 0 Å². The van der Waals surface area contributed by atoms with Crippen molar-refractivity contribution in [3.63, 3.8) is 0 Å². The first-order chi connectivity index (χ1) is 14.9. The van der Waals surface area contributed by atoms with Crippen LogP contribution in [0.15, 0.2) is 30.3 Å². The SMILES string of the molecule is Cc1cc(C(C)(O)[PH2]=O)cc(C)c1Cc1ccc(O)c(C(=O)NC(CC(C)C)C(=O)O)c1. The number of carbonyl (C=O) groups excluding carboxylic acids is 1. The van der Waals surface area contributed by atoms with E-state index < -0.39 is 31.7 Å². The number of aromatic hydroxyl groups is 1. The molecule has 0 radical (unpaired) electrons. The van der Waals surface area contributed by atoms with Crippen molar-refractivity contribution in [2.24, 2.45) is 5.92 Å². The Bertz CT molecular complexity index is 1010. The fraction of sp³-hybridized carbons (Fsp3) is 0.417. The Morgan fingerprint density at radius 2 is 1.72 bits per heavy atom. The molecule has 32 heavy (non-hydrogen) atoms. The fourth-order valence-corrected chi connectivity index (χ4v) is 3.94. The van der Waals surface area contributed by atoms with Gasteiger partial charge >= 0.3 is 5.97 Å². The number of carboxylic acids is 1. The molecule has 0 spiro atoms. The van der Waals surface area contributed by atoms with Gasteiger partial charge in [0.15, 0.2) is 0 Å². The molecule has 3 atom stereocenters. The summed E-state index contributed by atoms with van der Waals surface area (Å²) < 4.78 is 11.4. The van der Waals surface area contributed by atoms with Crippen LogP contribution in [0.3, 0.4) is 0 Å². The summed E-state index contributed by atoms with van der Waals surface area (Å²) in [7, 11) is -1.40. The van der Waals surface area contributed by atoms with Crippen molar-refractivity contribution in [3.8, 4) is 5.75 Å². The molecular formula is C24H32NO6P. The lowest BCUT2D eigenvalue weighted by atomic mass is 9.92. The lowest BCUT2D eigenvalue weighted by Crippen LogP contribution is -2.41. The molecule has 0 saturated carbocycles. The van der Waals surface area contributed by atoms with Crippen molar-refractivity contribution in [1.82, 2.24) is 5.32 Å². The van der Waals surface area contributed by atoms with E-state index in [4.69, 9.17) is 0 Å². The van der Waals surface area contributed by atoms with Crippen molar-refractivity contribution in [2.75, 3.05) is 0 Å². The van der Waals surface area contributed by atoms with E-state index in [9.17, 15) is 29.5 Å². The largest absolute Gasteiger partial charge is 0.507 e. The second-order valence-corrected chi connectivity index (χ2v) is 10.2. The molecule has 2 rings (SSSR count). The molecule has 1 amide bonds. The molecule has 8 heteroatoms. The van der Waals surface area contributed by atoms with Crippen LogP contribution in [0.2, 0.25) is 0 Å². The van der Waals surface area contributed by atoms with E-state index in [2.05, 4.69) is 5.32 Å². The lowest BCUT2D eigenvalue weighted by Gasteiger charge is -2.21. The molecule has 0 bridgehead atoms. The van der Waals surface area contributed by atoms with Gasteiger partial charge in [0.25, 0.3) is 5.91 Å². The van der Waals surface area contributed by atoms with E-state index in [-0.39, 0.29) is 23.7 Å². The van der Waals surface area contributed by atoms with Gasteiger partial charge in [0.05, 0.1) is 14.0 Å². The average Bonchev–Trinajstić information content (AvgIpc) is 2.70. The summed E-state index contributed by atoms with van der Waals surface area (Å²) >= 11 is 0. The van der Waals surface area contributed by atoms with Crippen molar-refractivity contribution >= 4 is 20.3 Å².